The summed E-state index contributed by atoms with van der Waals surface area (Å²) in [5.41, 5.74) is 1.09. The van der Waals surface area contributed by atoms with Crippen molar-refractivity contribution >= 4 is 17.7 Å². The fourth-order valence-corrected chi connectivity index (χ4v) is 3.41. The van der Waals surface area contributed by atoms with E-state index in [1.54, 1.807) is 18.9 Å². The molecule has 0 bridgehead atoms. The quantitative estimate of drug-likeness (QED) is 0.870. The number of aliphatic carboxylic acids is 1. The van der Waals surface area contributed by atoms with Crippen molar-refractivity contribution in [2.24, 2.45) is 0 Å². The SMILES string of the molecule is COc1ccccc1CC1(C)NC(C(=O)O)CS1. The molecule has 1 aromatic rings. The van der Waals surface area contributed by atoms with Gasteiger partial charge in [-0.15, -0.1) is 11.8 Å². The van der Waals surface area contributed by atoms with Crippen molar-refractivity contribution in [1.82, 2.24) is 5.32 Å². The van der Waals surface area contributed by atoms with E-state index in [4.69, 9.17) is 9.84 Å². The lowest BCUT2D eigenvalue weighted by atomic mass is 10.0. The maximum atomic E-state index is 11.0. The number of hydrogen-bond donors (Lipinski definition) is 2. The van der Waals surface area contributed by atoms with E-state index in [1.807, 2.05) is 31.2 Å². The molecule has 1 fully saturated rings. The molecule has 0 radical (unpaired) electrons. The van der Waals surface area contributed by atoms with Gasteiger partial charge in [-0.3, -0.25) is 10.1 Å². The van der Waals surface area contributed by atoms with E-state index >= 15 is 0 Å². The lowest BCUT2D eigenvalue weighted by Gasteiger charge is -2.25. The van der Waals surface area contributed by atoms with Crippen LogP contribution in [0.1, 0.15) is 12.5 Å². The fourth-order valence-electron chi connectivity index (χ4n) is 2.17. The van der Waals surface area contributed by atoms with Gasteiger partial charge in [0.25, 0.3) is 0 Å². The number of benzene rings is 1. The molecule has 4 nitrogen and oxygen atoms in total. The average Bonchev–Trinajstić information content (AvgIpc) is 2.72. The van der Waals surface area contributed by atoms with Gasteiger partial charge in [-0.05, 0) is 18.6 Å². The molecule has 0 aromatic heterocycles. The normalized spacial score (nSPS) is 27.1. The number of rotatable bonds is 4. The summed E-state index contributed by atoms with van der Waals surface area (Å²) < 4.78 is 5.32. The Morgan fingerprint density at radius 1 is 1.61 bits per heavy atom. The van der Waals surface area contributed by atoms with Gasteiger partial charge in [0, 0.05) is 12.2 Å². The average molecular weight is 267 g/mol. The number of carbonyl (C=O) groups is 1. The van der Waals surface area contributed by atoms with E-state index in [1.165, 1.54) is 0 Å². The Kier molecular flexibility index (Phi) is 3.82. The third-order valence-corrected chi connectivity index (χ3v) is 4.47. The summed E-state index contributed by atoms with van der Waals surface area (Å²) in [5, 5.41) is 12.2. The van der Waals surface area contributed by atoms with Crippen molar-refractivity contribution in [1.29, 1.82) is 0 Å². The minimum Gasteiger partial charge on any atom is -0.496 e. The Morgan fingerprint density at radius 3 is 2.94 bits per heavy atom. The Morgan fingerprint density at radius 2 is 2.33 bits per heavy atom. The smallest absolute Gasteiger partial charge is 0.321 e. The second-order valence-electron chi connectivity index (χ2n) is 4.57. The predicted octanol–water partition coefficient (Wildman–Crippen LogP) is 1.74. The van der Waals surface area contributed by atoms with Crippen LogP contribution in [0.15, 0.2) is 24.3 Å². The Bertz CT molecular complexity index is 452. The van der Waals surface area contributed by atoms with Crippen molar-refractivity contribution < 1.29 is 14.6 Å². The zero-order valence-electron chi connectivity index (χ0n) is 10.5. The molecule has 1 aromatic carbocycles. The second-order valence-corrected chi connectivity index (χ2v) is 6.09. The lowest BCUT2D eigenvalue weighted by Crippen LogP contribution is -2.44. The first-order valence-corrected chi connectivity index (χ1v) is 6.79. The molecule has 0 aliphatic carbocycles. The van der Waals surface area contributed by atoms with Gasteiger partial charge < -0.3 is 9.84 Å². The third kappa shape index (κ3) is 2.79. The Hall–Kier alpha value is -1.20. The highest BCUT2D eigenvalue weighted by molar-refractivity contribution is 8.00. The summed E-state index contributed by atoms with van der Waals surface area (Å²) in [7, 11) is 1.65. The van der Waals surface area contributed by atoms with Gasteiger partial charge in [0.05, 0.1) is 12.0 Å². The number of nitrogens with one attached hydrogen (secondary N) is 1. The lowest BCUT2D eigenvalue weighted by molar-refractivity contribution is -0.138. The number of carboxylic acid groups (broad SMARTS) is 1. The van der Waals surface area contributed by atoms with Crippen LogP contribution >= 0.6 is 11.8 Å². The first-order valence-electron chi connectivity index (χ1n) is 5.80. The van der Waals surface area contributed by atoms with E-state index in [9.17, 15) is 4.79 Å². The molecule has 98 valence electrons. The number of para-hydroxylation sites is 1. The van der Waals surface area contributed by atoms with Crippen LogP contribution in [0.25, 0.3) is 0 Å². The summed E-state index contributed by atoms with van der Waals surface area (Å²) in [6.07, 6.45) is 0.742. The van der Waals surface area contributed by atoms with Crippen molar-refractivity contribution in [3.63, 3.8) is 0 Å². The summed E-state index contributed by atoms with van der Waals surface area (Å²) in [5.74, 6) is 0.659. The topological polar surface area (TPSA) is 58.6 Å². The van der Waals surface area contributed by atoms with E-state index < -0.39 is 12.0 Å². The molecule has 0 amide bonds. The molecule has 18 heavy (non-hydrogen) atoms. The van der Waals surface area contributed by atoms with Gasteiger partial charge in [-0.25, -0.2) is 0 Å². The molecule has 2 unspecified atom stereocenters. The van der Waals surface area contributed by atoms with Gasteiger partial charge in [0.15, 0.2) is 0 Å². The summed E-state index contributed by atoms with van der Waals surface area (Å²) in [6.45, 7) is 2.03. The van der Waals surface area contributed by atoms with Gasteiger partial charge >= 0.3 is 5.97 Å². The molecule has 0 saturated carbocycles. The van der Waals surface area contributed by atoms with Crippen LogP contribution in [0, 0.1) is 0 Å². The van der Waals surface area contributed by atoms with Gasteiger partial charge in [0.2, 0.25) is 0 Å². The first kappa shape index (κ1) is 13.2. The zero-order valence-corrected chi connectivity index (χ0v) is 11.3. The maximum absolute atomic E-state index is 11.0. The van der Waals surface area contributed by atoms with Crippen molar-refractivity contribution in [2.45, 2.75) is 24.3 Å². The van der Waals surface area contributed by atoms with Crippen molar-refractivity contribution in [2.75, 3.05) is 12.9 Å². The molecule has 2 N–H and O–H groups in total. The number of ether oxygens (including phenoxy) is 1. The maximum Gasteiger partial charge on any atom is 0.321 e. The highest BCUT2D eigenvalue weighted by Crippen LogP contribution is 2.35. The highest BCUT2D eigenvalue weighted by Gasteiger charge is 2.38. The molecule has 1 aliphatic heterocycles. The third-order valence-electron chi connectivity index (χ3n) is 3.07. The van der Waals surface area contributed by atoms with Crippen LogP contribution in [-0.4, -0.2) is 34.9 Å². The number of hydrogen-bond acceptors (Lipinski definition) is 4. The predicted molar refractivity (Wildman–Crippen MR) is 72.1 cm³/mol. The van der Waals surface area contributed by atoms with E-state index in [0.29, 0.717) is 5.75 Å². The number of thioether (sulfide) groups is 1. The molecular formula is C13H17NO3S. The Labute approximate surface area is 111 Å². The number of carboxylic acids is 1. The molecule has 5 heteroatoms. The van der Waals surface area contributed by atoms with Gasteiger partial charge in [0.1, 0.15) is 11.8 Å². The standard InChI is InChI=1S/C13H17NO3S/c1-13(14-10(8-18-13)12(15)16)7-9-5-3-4-6-11(9)17-2/h3-6,10,14H,7-8H2,1-2H3,(H,15,16). The number of methoxy groups -OCH3 is 1. The molecular weight excluding hydrogens is 250 g/mol. The monoisotopic (exact) mass is 267 g/mol. The Balaban J connectivity index is 2.12. The zero-order chi connectivity index (χ0) is 13.2. The van der Waals surface area contributed by atoms with Crippen LogP contribution in [-0.2, 0) is 11.2 Å². The van der Waals surface area contributed by atoms with Crippen molar-refractivity contribution in [3.05, 3.63) is 29.8 Å². The van der Waals surface area contributed by atoms with Crippen LogP contribution in [0.3, 0.4) is 0 Å². The van der Waals surface area contributed by atoms with Crippen LogP contribution in [0.4, 0.5) is 0 Å². The fraction of sp³-hybridized carbons (Fsp3) is 0.462. The van der Waals surface area contributed by atoms with E-state index in [-0.39, 0.29) is 4.87 Å². The van der Waals surface area contributed by atoms with E-state index in [2.05, 4.69) is 5.32 Å². The minimum atomic E-state index is -0.786. The molecule has 1 aliphatic rings. The largest absolute Gasteiger partial charge is 0.496 e. The van der Waals surface area contributed by atoms with Crippen LogP contribution in [0.5, 0.6) is 5.75 Å². The molecule has 2 atom stereocenters. The van der Waals surface area contributed by atoms with E-state index in [0.717, 1.165) is 17.7 Å². The molecule has 1 heterocycles. The second kappa shape index (κ2) is 5.20. The summed E-state index contributed by atoms with van der Waals surface area (Å²) in [4.78, 5) is 10.7. The molecule has 2 rings (SSSR count). The molecule has 1 saturated heterocycles. The van der Waals surface area contributed by atoms with Gasteiger partial charge in [-0.1, -0.05) is 18.2 Å². The highest BCUT2D eigenvalue weighted by atomic mass is 32.2. The first-order chi connectivity index (χ1) is 8.54. The summed E-state index contributed by atoms with van der Waals surface area (Å²) in [6, 6.07) is 7.37. The minimum absolute atomic E-state index is 0.252. The van der Waals surface area contributed by atoms with Crippen molar-refractivity contribution in [3.8, 4) is 5.75 Å². The summed E-state index contributed by atoms with van der Waals surface area (Å²) >= 11 is 1.65. The molecule has 0 spiro atoms. The van der Waals surface area contributed by atoms with Gasteiger partial charge in [-0.2, -0.15) is 0 Å². The van der Waals surface area contributed by atoms with Crippen LogP contribution in [0.2, 0.25) is 0 Å². The van der Waals surface area contributed by atoms with Crippen LogP contribution < -0.4 is 10.1 Å².